The zero-order chi connectivity index (χ0) is 16.3. The molecular weight excluding hydrogens is 300 g/mol. The fourth-order valence-electron chi connectivity index (χ4n) is 7.38. The fourth-order valence-corrected chi connectivity index (χ4v) is 7.38. The van der Waals surface area contributed by atoms with Crippen LogP contribution in [0.5, 0.6) is 0 Å². The van der Waals surface area contributed by atoms with Crippen LogP contribution in [0.4, 0.5) is 5.69 Å². The molecule has 0 radical (unpaired) electrons. The Morgan fingerprint density at radius 3 is 3.08 bits per heavy atom. The summed E-state index contributed by atoms with van der Waals surface area (Å²) in [7, 11) is 2.21. The van der Waals surface area contributed by atoms with Gasteiger partial charge in [0.05, 0.1) is 12.7 Å². The van der Waals surface area contributed by atoms with Gasteiger partial charge in [-0.05, 0) is 31.0 Å². The molecule has 2 saturated heterocycles. The Balaban J connectivity index is 1.69. The summed E-state index contributed by atoms with van der Waals surface area (Å²) >= 11 is 0. The topological polar surface area (TPSA) is 41.6 Å². The molecule has 5 bridgehead atoms. The largest absolute Gasteiger partial charge is 0.376 e. The molecule has 2 saturated carbocycles. The maximum absolute atomic E-state index is 13.4. The number of rotatable bonds is 1. The second-order valence-corrected chi connectivity index (χ2v) is 8.40. The second kappa shape index (κ2) is 3.94. The SMILES string of the molecule is C=C[C@]12CN(C)C3C1[C@@]1(C(=O)Nc4ccccc41)[C@@H]1CC2[C@@H]3CO1. The van der Waals surface area contributed by atoms with Crippen molar-refractivity contribution >= 4 is 11.6 Å². The fraction of sp³-hybridized carbons (Fsp3) is 0.550. The first kappa shape index (κ1) is 13.6. The molecule has 4 fully saturated rings. The molecule has 5 aliphatic rings. The molecule has 1 aromatic carbocycles. The summed E-state index contributed by atoms with van der Waals surface area (Å²) in [5.74, 6) is 1.56. The van der Waals surface area contributed by atoms with Crippen LogP contribution < -0.4 is 5.32 Å². The third-order valence-corrected chi connectivity index (χ3v) is 7.93. The number of fused-ring (bicyclic) bond motifs is 5. The summed E-state index contributed by atoms with van der Waals surface area (Å²) in [4.78, 5) is 15.9. The van der Waals surface area contributed by atoms with Crippen molar-refractivity contribution in [1.29, 1.82) is 0 Å². The maximum Gasteiger partial charge on any atom is 0.238 e. The average molecular weight is 322 g/mol. The normalized spacial score (nSPS) is 50.4. The molecule has 3 aliphatic heterocycles. The van der Waals surface area contributed by atoms with Crippen molar-refractivity contribution in [2.24, 2.45) is 23.2 Å². The van der Waals surface area contributed by atoms with E-state index in [9.17, 15) is 4.79 Å². The molecule has 0 aromatic heterocycles. The highest BCUT2D eigenvalue weighted by molar-refractivity contribution is 6.07. The van der Waals surface area contributed by atoms with Gasteiger partial charge in [0.15, 0.2) is 0 Å². The van der Waals surface area contributed by atoms with Crippen molar-refractivity contribution in [2.45, 2.75) is 24.0 Å². The molecule has 3 unspecified atom stereocenters. The van der Waals surface area contributed by atoms with Crippen LogP contribution in [-0.2, 0) is 14.9 Å². The number of nitrogens with zero attached hydrogens (tertiary/aromatic N) is 1. The van der Waals surface area contributed by atoms with Gasteiger partial charge >= 0.3 is 0 Å². The van der Waals surface area contributed by atoms with Crippen molar-refractivity contribution in [2.75, 3.05) is 25.5 Å². The number of hydrogen-bond acceptors (Lipinski definition) is 3. The summed E-state index contributed by atoms with van der Waals surface area (Å²) in [5, 5.41) is 3.18. The molecule has 4 nitrogen and oxygen atoms in total. The van der Waals surface area contributed by atoms with Gasteiger partial charge in [0.1, 0.15) is 5.41 Å². The minimum absolute atomic E-state index is 0.00280. The van der Waals surface area contributed by atoms with E-state index in [-0.39, 0.29) is 23.3 Å². The van der Waals surface area contributed by atoms with E-state index < -0.39 is 5.41 Å². The first-order chi connectivity index (χ1) is 11.6. The van der Waals surface area contributed by atoms with E-state index in [0.717, 1.165) is 30.8 Å². The molecule has 1 N–H and O–H groups in total. The lowest BCUT2D eigenvalue weighted by atomic mass is 9.51. The highest BCUT2D eigenvalue weighted by Gasteiger charge is 2.79. The summed E-state index contributed by atoms with van der Waals surface area (Å²) in [5.41, 5.74) is 1.61. The number of piperidine rings is 1. The predicted octanol–water partition coefficient (Wildman–Crippen LogP) is 2.03. The zero-order valence-electron chi connectivity index (χ0n) is 13.9. The van der Waals surface area contributed by atoms with Gasteiger partial charge in [0.2, 0.25) is 5.91 Å². The molecule has 124 valence electrons. The van der Waals surface area contributed by atoms with E-state index in [4.69, 9.17) is 4.74 Å². The Labute approximate surface area is 141 Å². The van der Waals surface area contributed by atoms with Gasteiger partial charge in [-0.25, -0.2) is 0 Å². The monoisotopic (exact) mass is 322 g/mol. The highest BCUT2D eigenvalue weighted by Crippen LogP contribution is 2.73. The number of nitrogens with one attached hydrogen (secondary N) is 1. The number of hydrogen-bond donors (Lipinski definition) is 1. The molecule has 4 heteroatoms. The summed E-state index contributed by atoms with van der Waals surface area (Å²) in [6.07, 6.45) is 3.17. The van der Waals surface area contributed by atoms with Crippen LogP contribution in [0.2, 0.25) is 0 Å². The lowest BCUT2D eigenvalue weighted by Gasteiger charge is -2.54. The number of carbonyl (C=O) groups excluding carboxylic acids is 1. The number of benzene rings is 1. The van der Waals surface area contributed by atoms with Crippen LogP contribution in [0.15, 0.2) is 36.9 Å². The van der Waals surface area contributed by atoms with E-state index in [1.165, 1.54) is 0 Å². The molecule has 3 heterocycles. The van der Waals surface area contributed by atoms with Gasteiger partial charge in [-0.1, -0.05) is 24.3 Å². The van der Waals surface area contributed by atoms with Crippen LogP contribution in [0.3, 0.4) is 0 Å². The Kier molecular flexibility index (Phi) is 2.24. The number of carbonyl (C=O) groups is 1. The Morgan fingerprint density at radius 2 is 2.25 bits per heavy atom. The first-order valence-electron chi connectivity index (χ1n) is 9.01. The minimum Gasteiger partial charge on any atom is -0.376 e. The van der Waals surface area contributed by atoms with Gasteiger partial charge in [-0.2, -0.15) is 0 Å². The van der Waals surface area contributed by atoms with Crippen LogP contribution in [-0.4, -0.2) is 43.2 Å². The molecule has 24 heavy (non-hydrogen) atoms. The van der Waals surface area contributed by atoms with Gasteiger partial charge < -0.3 is 15.0 Å². The van der Waals surface area contributed by atoms with Crippen molar-refractivity contribution < 1.29 is 9.53 Å². The summed E-state index contributed by atoms with van der Waals surface area (Å²) in [6.45, 7) is 6.06. The first-order valence-corrected chi connectivity index (χ1v) is 9.01. The third kappa shape index (κ3) is 1.12. The number of amides is 1. The van der Waals surface area contributed by atoms with E-state index >= 15 is 0 Å². The standard InChI is InChI=1S/C20H22N2O2/c1-3-19-10-22(2)16-11-9-24-15(8-13(11)19)20(17(16)19)12-6-4-5-7-14(12)21-18(20)23/h3-7,11,13,15-17H,1,8-10H2,2H3,(H,21,23)/t11-,13?,15-,16?,17?,19+,20-/m0/s1. The summed E-state index contributed by atoms with van der Waals surface area (Å²) < 4.78 is 6.34. The lowest BCUT2D eigenvalue weighted by molar-refractivity contribution is -0.153. The molecular formula is C20H22N2O2. The van der Waals surface area contributed by atoms with Crippen molar-refractivity contribution in [3.63, 3.8) is 0 Å². The van der Waals surface area contributed by atoms with Gasteiger partial charge in [-0.3, -0.25) is 4.79 Å². The van der Waals surface area contributed by atoms with Crippen LogP contribution in [0, 0.1) is 23.2 Å². The molecule has 2 aliphatic carbocycles. The van der Waals surface area contributed by atoms with Crippen molar-refractivity contribution in [3.05, 3.63) is 42.5 Å². The Bertz CT molecular complexity index is 792. The van der Waals surface area contributed by atoms with Gasteiger partial charge in [-0.15, -0.1) is 6.58 Å². The average Bonchev–Trinajstić information content (AvgIpc) is 3.08. The van der Waals surface area contributed by atoms with E-state index in [2.05, 4.69) is 42.1 Å². The van der Waals surface area contributed by atoms with Crippen molar-refractivity contribution in [1.82, 2.24) is 4.90 Å². The molecule has 6 rings (SSSR count). The van der Waals surface area contributed by atoms with Gasteiger partial charge in [0, 0.05) is 35.5 Å². The zero-order valence-corrected chi connectivity index (χ0v) is 13.9. The number of ether oxygens (including phenoxy) is 1. The third-order valence-electron chi connectivity index (χ3n) is 7.93. The highest BCUT2D eigenvalue weighted by atomic mass is 16.5. The van der Waals surface area contributed by atoms with E-state index in [0.29, 0.717) is 17.9 Å². The second-order valence-electron chi connectivity index (χ2n) is 8.40. The van der Waals surface area contributed by atoms with Crippen LogP contribution in [0.1, 0.15) is 12.0 Å². The summed E-state index contributed by atoms with van der Waals surface area (Å²) in [6, 6.07) is 8.64. The smallest absolute Gasteiger partial charge is 0.238 e. The number of likely N-dealkylation sites (tertiary alicyclic amines) is 1. The number of para-hydroxylation sites is 1. The van der Waals surface area contributed by atoms with Crippen LogP contribution in [0.25, 0.3) is 0 Å². The maximum atomic E-state index is 13.4. The molecule has 1 amide bonds. The number of anilines is 1. The van der Waals surface area contributed by atoms with E-state index in [1.54, 1.807) is 0 Å². The lowest BCUT2D eigenvalue weighted by Crippen LogP contribution is -2.62. The quantitative estimate of drug-likeness (QED) is 0.805. The van der Waals surface area contributed by atoms with Crippen molar-refractivity contribution in [3.8, 4) is 0 Å². The molecule has 1 spiro atoms. The molecule has 7 atom stereocenters. The van der Waals surface area contributed by atoms with Gasteiger partial charge in [0.25, 0.3) is 0 Å². The minimum atomic E-state index is -0.554. The Morgan fingerprint density at radius 1 is 1.42 bits per heavy atom. The van der Waals surface area contributed by atoms with E-state index in [1.807, 2.05) is 12.1 Å². The Hall–Kier alpha value is -1.65. The molecule has 1 aromatic rings. The predicted molar refractivity (Wildman–Crippen MR) is 90.6 cm³/mol. The van der Waals surface area contributed by atoms with Crippen LogP contribution >= 0.6 is 0 Å².